The summed E-state index contributed by atoms with van der Waals surface area (Å²) in [4.78, 5) is 0. The maximum absolute atomic E-state index is 14.8. The van der Waals surface area contributed by atoms with Crippen LogP contribution in [0.15, 0.2) is 86.0 Å². The van der Waals surface area contributed by atoms with E-state index in [1.54, 1.807) is 12.1 Å². The van der Waals surface area contributed by atoms with Crippen molar-refractivity contribution in [3.8, 4) is 11.1 Å². The molecule has 30 heavy (non-hydrogen) atoms. The average Bonchev–Trinajstić information content (AvgIpc) is 2.78. The summed E-state index contributed by atoms with van der Waals surface area (Å²) in [7, 11) is 0. The molecule has 0 atom stereocenters. The van der Waals surface area contributed by atoms with Crippen LogP contribution in [-0.2, 0) is 25.7 Å². The minimum Gasteiger partial charge on any atom is -0.203 e. The second-order valence-corrected chi connectivity index (χ2v) is 7.57. The Labute approximate surface area is 178 Å². The smallest absolute Gasteiger partial charge is 0.166 e. The maximum Gasteiger partial charge on any atom is 0.166 e. The highest BCUT2D eigenvalue weighted by Crippen LogP contribution is 2.27. The van der Waals surface area contributed by atoms with Crippen molar-refractivity contribution >= 4 is 0 Å². The standard InChI is InChI=1S/C28H28F2/c1-3-5-7-21-9-11-23(12-10-21)15-18-25-19-20-26(28(30)27(25)29)24-16-13-22(14-17-24)8-6-4-2/h3-4,9-14,16-17,19-20H,1-2,5-8,15,18H2. The van der Waals surface area contributed by atoms with Crippen LogP contribution in [0, 0.1) is 11.6 Å². The van der Waals surface area contributed by atoms with Gasteiger partial charge in [-0.3, -0.25) is 0 Å². The zero-order valence-electron chi connectivity index (χ0n) is 17.3. The SMILES string of the molecule is C=CCCc1ccc(CCc2ccc(-c3ccc(CCC=C)cc3)c(F)c2F)cc1. The number of rotatable bonds is 10. The van der Waals surface area contributed by atoms with Crippen LogP contribution in [0.3, 0.4) is 0 Å². The third-order valence-electron chi connectivity index (χ3n) is 5.41. The number of hydrogen-bond donors (Lipinski definition) is 0. The molecule has 0 spiro atoms. The van der Waals surface area contributed by atoms with Crippen molar-refractivity contribution in [2.45, 2.75) is 38.5 Å². The number of hydrogen-bond acceptors (Lipinski definition) is 0. The lowest BCUT2D eigenvalue weighted by molar-refractivity contribution is 0.501. The molecule has 0 amide bonds. The molecule has 0 saturated carbocycles. The zero-order chi connectivity index (χ0) is 21.3. The van der Waals surface area contributed by atoms with Gasteiger partial charge in [-0.2, -0.15) is 0 Å². The summed E-state index contributed by atoms with van der Waals surface area (Å²) in [6.45, 7) is 7.47. The van der Waals surface area contributed by atoms with Crippen LogP contribution < -0.4 is 0 Å². The Kier molecular flexibility index (Phi) is 7.73. The van der Waals surface area contributed by atoms with Gasteiger partial charge in [-0.1, -0.05) is 72.8 Å². The fourth-order valence-electron chi connectivity index (χ4n) is 3.55. The van der Waals surface area contributed by atoms with Crippen LogP contribution in [0.1, 0.15) is 35.1 Å². The first-order valence-corrected chi connectivity index (χ1v) is 10.5. The van der Waals surface area contributed by atoms with Gasteiger partial charge in [0.15, 0.2) is 11.6 Å². The Hall–Kier alpha value is -3.00. The highest BCUT2D eigenvalue weighted by atomic mass is 19.2. The summed E-state index contributed by atoms with van der Waals surface area (Å²) >= 11 is 0. The zero-order valence-corrected chi connectivity index (χ0v) is 17.3. The minimum atomic E-state index is -0.772. The summed E-state index contributed by atoms with van der Waals surface area (Å²) in [5.41, 5.74) is 4.95. The molecular formula is C28H28F2. The van der Waals surface area contributed by atoms with Gasteiger partial charge in [0.05, 0.1) is 0 Å². The Bertz CT molecular complexity index is 982. The van der Waals surface area contributed by atoms with Gasteiger partial charge in [-0.05, 0) is 66.3 Å². The molecule has 154 valence electrons. The van der Waals surface area contributed by atoms with Gasteiger partial charge in [0.2, 0.25) is 0 Å². The Balaban J connectivity index is 1.68. The Morgan fingerprint density at radius 3 is 1.60 bits per heavy atom. The molecule has 0 aromatic heterocycles. The lowest BCUT2D eigenvalue weighted by atomic mass is 9.97. The van der Waals surface area contributed by atoms with E-state index in [0.29, 0.717) is 29.5 Å². The molecule has 0 bridgehead atoms. The topological polar surface area (TPSA) is 0 Å². The molecule has 3 aromatic carbocycles. The lowest BCUT2D eigenvalue weighted by Gasteiger charge is -2.10. The van der Waals surface area contributed by atoms with E-state index in [9.17, 15) is 8.78 Å². The average molecular weight is 403 g/mol. The van der Waals surface area contributed by atoms with Crippen LogP contribution in [-0.4, -0.2) is 0 Å². The van der Waals surface area contributed by atoms with Gasteiger partial charge >= 0.3 is 0 Å². The number of halogens is 2. The largest absolute Gasteiger partial charge is 0.203 e. The van der Waals surface area contributed by atoms with Gasteiger partial charge in [-0.15, -0.1) is 13.2 Å². The van der Waals surface area contributed by atoms with Crippen molar-refractivity contribution < 1.29 is 8.78 Å². The van der Waals surface area contributed by atoms with Gasteiger partial charge in [0.1, 0.15) is 0 Å². The van der Waals surface area contributed by atoms with Gasteiger partial charge < -0.3 is 0 Å². The second kappa shape index (κ2) is 10.7. The molecule has 0 aliphatic rings. The summed E-state index contributed by atoms with van der Waals surface area (Å²) in [5, 5.41) is 0. The maximum atomic E-state index is 14.8. The van der Waals surface area contributed by atoms with Crippen molar-refractivity contribution in [3.05, 3.63) is 120 Å². The summed E-state index contributed by atoms with van der Waals surface area (Å²) < 4.78 is 29.5. The van der Waals surface area contributed by atoms with Crippen LogP contribution in [0.25, 0.3) is 11.1 Å². The monoisotopic (exact) mass is 402 g/mol. The van der Waals surface area contributed by atoms with Crippen LogP contribution in [0.5, 0.6) is 0 Å². The van der Waals surface area contributed by atoms with Crippen molar-refractivity contribution in [1.82, 2.24) is 0 Å². The number of allylic oxidation sites excluding steroid dienone is 2. The third-order valence-corrected chi connectivity index (χ3v) is 5.41. The van der Waals surface area contributed by atoms with Crippen molar-refractivity contribution in [2.75, 3.05) is 0 Å². The normalized spacial score (nSPS) is 10.7. The number of benzene rings is 3. The van der Waals surface area contributed by atoms with E-state index in [4.69, 9.17) is 0 Å². The second-order valence-electron chi connectivity index (χ2n) is 7.57. The summed E-state index contributed by atoms with van der Waals surface area (Å²) in [6, 6.07) is 19.3. The van der Waals surface area contributed by atoms with Crippen LogP contribution in [0.2, 0.25) is 0 Å². The fraction of sp³-hybridized carbons (Fsp3) is 0.214. The lowest BCUT2D eigenvalue weighted by Crippen LogP contribution is -2.00. The predicted molar refractivity (Wildman–Crippen MR) is 123 cm³/mol. The van der Waals surface area contributed by atoms with E-state index in [1.807, 2.05) is 36.4 Å². The van der Waals surface area contributed by atoms with E-state index < -0.39 is 11.6 Å². The molecule has 0 N–H and O–H groups in total. The van der Waals surface area contributed by atoms with E-state index in [2.05, 4.69) is 37.4 Å². The highest BCUT2D eigenvalue weighted by Gasteiger charge is 2.14. The molecule has 0 radical (unpaired) electrons. The van der Waals surface area contributed by atoms with Crippen molar-refractivity contribution in [3.63, 3.8) is 0 Å². The summed E-state index contributed by atoms with van der Waals surface area (Å²) in [6.07, 6.45) is 8.65. The van der Waals surface area contributed by atoms with Crippen LogP contribution in [0.4, 0.5) is 8.78 Å². The molecule has 0 nitrogen and oxygen atoms in total. The first-order chi connectivity index (χ1) is 14.6. The molecule has 0 fully saturated rings. The number of aryl methyl sites for hydroxylation is 4. The third kappa shape index (κ3) is 5.54. The highest BCUT2D eigenvalue weighted by molar-refractivity contribution is 5.65. The minimum absolute atomic E-state index is 0.304. The van der Waals surface area contributed by atoms with Crippen molar-refractivity contribution in [1.29, 1.82) is 0 Å². The summed E-state index contributed by atoms with van der Waals surface area (Å²) in [5.74, 6) is -1.52. The first-order valence-electron chi connectivity index (χ1n) is 10.5. The van der Waals surface area contributed by atoms with Crippen LogP contribution >= 0.6 is 0 Å². The van der Waals surface area contributed by atoms with Gasteiger partial charge in [0, 0.05) is 5.56 Å². The van der Waals surface area contributed by atoms with E-state index in [1.165, 1.54) is 5.56 Å². The van der Waals surface area contributed by atoms with E-state index in [-0.39, 0.29) is 0 Å². The Morgan fingerprint density at radius 1 is 0.567 bits per heavy atom. The van der Waals surface area contributed by atoms with Gasteiger partial charge in [0.25, 0.3) is 0 Å². The van der Waals surface area contributed by atoms with Crippen molar-refractivity contribution in [2.24, 2.45) is 0 Å². The van der Waals surface area contributed by atoms with E-state index >= 15 is 0 Å². The van der Waals surface area contributed by atoms with Gasteiger partial charge in [-0.25, -0.2) is 8.78 Å². The fourth-order valence-corrected chi connectivity index (χ4v) is 3.55. The predicted octanol–water partition coefficient (Wildman–Crippen LogP) is 7.65. The molecule has 0 aliphatic carbocycles. The molecule has 2 heteroatoms. The quantitative estimate of drug-likeness (QED) is 0.305. The molecule has 3 aromatic rings. The Morgan fingerprint density at radius 2 is 1.07 bits per heavy atom. The first kappa shape index (κ1) is 21.7. The molecule has 0 unspecified atom stereocenters. The molecule has 3 rings (SSSR count). The molecule has 0 heterocycles. The molecular weight excluding hydrogens is 374 g/mol. The van der Waals surface area contributed by atoms with E-state index in [0.717, 1.165) is 36.8 Å². The molecule has 0 saturated heterocycles. The molecule has 0 aliphatic heterocycles.